The number of esters is 1. The van der Waals surface area contributed by atoms with Gasteiger partial charge in [-0.25, -0.2) is 4.79 Å². The van der Waals surface area contributed by atoms with E-state index in [4.69, 9.17) is 9.47 Å². The van der Waals surface area contributed by atoms with Crippen LogP contribution in [0.4, 0.5) is 0 Å². The molecular formula is C24H27N3O4. The number of hydrogen-bond donors (Lipinski definition) is 1. The third-order valence-corrected chi connectivity index (χ3v) is 4.81. The van der Waals surface area contributed by atoms with Gasteiger partial charge >= 0.3 is 5.97 Å². The summed E-state index contributed by atoms with van der Waals surface area (Å²) in [5.74, 6) is -0.204. The number of carbonyl (C=O) groups is 2. The van der Waals surface area contributed by atoms with E-state index in [-0.39, 0.29) is 12.5 Å². The molecule has 3 rings (SSSR count). The lowest BCUT2D eigenvalue weighted by Gasteiger charge is -2.09. The predicted molar refractivity (Wildman–Crippen MR) is 117 cm³/mol. The summed E-state index contributed by atoms with van der Waals surface area (Å²) in [6, 6.07) is 17.5. The molecule has 31 heavy (non-hydrogen) atoms. The minimum atomic E-state index is -0.555. The number of aromatic nitrogens is 2. The molecule has 3 aromatic rings. The summed E-state index contributed by atoms with van der Waals surface area (Å²) in [6.07, 6.45) is 0. The molecule has 0 saturated heterocycles. The van der Waals surface area contributed by atoms with Crippen molar-refractivity contribution >= 4 is 11.9 Å². The van der Waals surface area contributed by atoms with Crippen LogP contribution in [0, 0.1) is 20.8 Å². The van der Waals surface area contributed by atoms with E-state index in [9.17, 15) is 9.59 Å². The van der Waals surface area contributed by atoms with Crippen LogP contribution in [-0.4, -0.2) is 41.4 Å². The third-order valence-electron chi connectivity index (χ3n) is 4.81. The van der Waals surface area contributed by atoms with E-state index >= 15 is 0 Å². The zero-order valence-corrected chi connectivity index (χ0v) is 18.1. The fraction of sp³-hybridized carbons (Fsp3) is 0.292. The number of hydrogen-bond acceptors (Lipinski definition) is 5. The summed E-state index contributed by atoms with van der Waals surface area (Å²) < 4.78 is 12.5. The van der Waals surface area contributed by atoms with Crippen molar-refractivity contribution in [2.45, 2.75) is 27.3 Å². The molecule has 0 bridgehead atoms. The summed E-state index contributed by atoms with van der Waals surface area (Å²) >= 11 is 0. The average molecular weight is 421 g/mol. The van der Waals surface area contributed by atoms with E-state index in [0.29, 0.717) is 36.6 Å². The summed E-state index contributed by atoms with van der Waals surface area (Å²) in [5.41, 5.74) is 3.96. The van der Waals surface area contributed by atoms with Gasteiger partial charge in [0.2, 0.25) is 0 Å². The molecule has 7 heteroatoms. The Balaban J connectivity index is 1.48. The van der Waals surface area contributed by atoms with Gasteiger partial charge in [-0.3, -0.25) is 9.48 Å². The fourth-order valence-electron chi connectivity index (χ4n) is 3.14. The Kier molecular flexibility index (Phi) is 7.43. The molecule has 0 unspecified atom stereocenters. The highest BCUT2D eigenvalue weighted by Gasteiger charge is 2.21. The van der Waals surface area contributed by atoms with E-state index < -0.39 is 5.97 Å². The van der Waals surface area contributed by atoms with Gasteiger partial charge in [-0.05, 0) is 38.5 Å². The highest BCUT2D eigenvalue weighted by molar-refractivity contribution is 5.93. The minimum absolute atomic E-state index is 0.317. The van der Waals surface area contributed by atoms with Gasteiger partial charge in [0.05, 0.1) is 24.5 Å². The monoisotopic (exact) mass is 421 g/mol. The second-order valence-electron chi connectivity index (χ2n) is 7.28. The smallest absolute Gasteiger partial charge is 0.342 e. The number of para-hydroxylation sites is 1. The van der Waals surface area contributed by atoms with Gasteiger partial charge in [-0.2, -0.15) is 5.10 Å². The third kappa shape index (κ3) is 6.18. The molecule has 0 fully saturated rings. The van der Waals surface area contributed by atoms with Gasteiger partial charge in [0.25, 0.3) is 5.91 Å². The first-order chi connectivity index (χ1) is 14.9. The van der Waals surface area contributed by atoms with Crippen molar-refractivity contribution in [3.8, 4) is 5.75 Å². The van der Waals surface area contributed by atoms with Gasteiger partial charge in [0.1, 0.15) is 17.9 Å². The number of amides is 1. The predicted octanol–water partition coefficient (Wildman–Crippen LogP) is 3.21. The molecule has 1 aromatic heterocycles. The average Bonchev–Trinajstić information content (AvgIpc) is 3.04. The quantitative estimate of drug-likeness (QED) is 0.424. The lowest BCUT2D eigenvalue weighted by atomic mass is 10.1. The lowest BCUT2D eigenvalue weighted by Crippen LogP contribution is -2.32. The van der Waals surface area contributed by atoms with E-state index in [1.54, 1.807) is 11.6 Å². The summed E-state index contributed by atoms with van der Waals surface area (Å²) in [7, 11) is 0. The molecule has 0 saturated carbocycles. The number of aryl methyl sites for hydroxylation is 2. The molecule has 1 N–H and O–H groups in total. The Morgan fingerprint density at radius 2 is 1.71 bits per heavy atom. The molecular weight excluding hydrogens is 394 g/mol. The van der Waals surface area contributed by atoms with Crippen LogP contribution in [0.5, 0.6) is 5.75 Å². The summed E-state index contributed by atoms with van der Waals surface area (Å²) in [5, 5.41) is 7.13. The van der Waals surface area contributed by atoms with Crippen LogP contribution in [0.25, 0.3) is 0 Å². The number of nitrogens with one attached hydrogen (secondary N) is 1. The van der Waals surface area contributed by atoms with Gasteiger partial charge in [-0.15, -0.1) is 0 Å². The van der Waals surface area contributed by atoms with E-state index in [0.717, 1.165) is 11.3 Å². The number of rotatable bonds is 9. The Hall–Kier alpha value is -3.61. The van der Waals surface area contributed by atoms with E-state index in [2.05, 4.69) is 10.4 Å². The summed E-state index contributed by atoms with van der Waals surface area (Å²) in [6.45, 7) is 6.47. The first kappa shape index (κ1) is 22.1. The van der Waals surface area contributed by atoms with Crippen molar-refractivity contribution < 1.29 is 19.1 Å². The van der Waals surface area contributed by atoms with Crippen molar-refractivity contribution in [1.29, 1.82) is 0 Å². The highest BCUT2D eigenvalue weighted by atomic mass is 16.5. The molecule has 0 radical (unpaired) electrons. The second-order valence-corrected chi connectivity index (χ2v) is 7.28. The highest BCUT2D eigenvalue weighted by Crippen LogP contribution is 2.16. The van der Waals surface area contributed by atoms with E-state index in [1.807, 2.05) is 68.4 Å². The van der Waals surface area contributed by atoms with Crippen LogP contribution in [0.1, 0.15) is 32.9 Å². The number of benzene rings is 2. The topological polar surface area (TPSA) is 82.5 Å². The standard InChI is InChI=1S/C24H27N3O4/c1-17-9-11-20(12-10-17)15-27-19(3)23(18(2)26-27)24(29)31-16-22(28)25-13-14-30-21-7-5-4-6-8-21/h4-12H,13-16H2,1-3H3,(H,25,28). The molecule has 162 valence electrons. The van der Waals surface area contributed by atoms with Crippen LogP contribution in [0.2, 0.25) is 0 Å². The summed E-state index contributed by atoms with van der Waals surface area (Å²) in [4.78, 5) is 24.5. The molecule has 1 heterocycles. The van der Waals surface area contributed by atoms with Crippen LogP contribution in [0.3, 0.4) is 0 Å². The zero-order valence-electron chi connectivity index (χ0n) is 18.1. The largest absolute Gasteiger partial charge is 0.492 e. The number of ether oxygens (including phenoxy) is 2. The van der Waals surface area contributed by atoms with Gasteiger partial charge in [0.15, 0.2) is 6.61 Å². The normalized spacial score (nSPS) is 10.5. The number of nitrogens with zero attached hydrogens (tertiary/aromatic N) is 2. The van der Waals surface area contributed by atoms with Crippen LogP contribution in [0.15, 0.2) is 54.6 Å². The van der Waals surface area contributed by atoms with Crippen LogP contribution < -0.4 is 10.1 Å². The maximum Gasteiger partial charge on any atom is 0.342 e. The van der Waals surface area contributed by atoms with E-state index in [1.165, 1.54) is 5.56 Å². The van der Waals surface area contributed by atoms with Crippen LogP contribution >= 0.6 is 0 Å². The second kappa shape index (κ2) is 10.4. The molecule has 0 aliphatic carbocycles. The van der Waals surface area contributed by atoms with Crippen molar-refractivity contribution in [3.05, 3.63) is 82.7 Å². The molecule has 2 aromatic carbocycles. The van der Waals surface area contributed by atoms with Crippen LogP contribution in [-0.2, 0) is 16.1 Å². The first-order valence-electron chi connectivity index (χ1n) is 10.1. The maximum atomic E-state index is 12.5. The van der Waals surface area contributed by atoms with Crippen molar-refractivity contribution in [1.82, 2.24) is 15.1 Å². The van der Waals surface area contributed by atoms with Gasteiger partial charge < -0.3 is 14.8 Å². The molecule has 1 amide bonds. The van der Waals surface area contributed by atoms with Crippen molar-refractivity contribution in [3.63, 3.8) is 0 Å². The molecule has 0 spiro atoms. The Morgan fingerprint density at radius 3 is 2.42 bits per heavy atom. The Bertz CT molecular complexity index is 1030. The Labute approximate surface area is 182 Å². The fourth-order valence-corrected chi connectivity index (χ4v) is 3.14. The lowest BCUT2D eigenvalue weighted by molar-refractivity contribution is -0.124. The van der Waals surface area contributed by atoms with Gasteiger partial charge in [-0.1, -0.05) is 48.0 Å². The van der Waals surface area contributed by atoms with Gasteiger partial charge in [0, 0.05) is 0 Å². The molecule has 7 nitrogen and oxygen atoms in total. The Morgan fingerprint density at radius 1 is 1.00 bits per heavy atom. The molecule has 0 atom stereocenters. The number of carbonyl (C=O) groups excluding carboxylic acids is 2. The SMILES string of the molecule is Cc1ccc(Cn2nc(C)c(C(=O)OCC(=O)NCCOc3ccccc3)c2C)cc1. The molecule has 0 aliphatic heterocycles. The molecule has 0 aliphatic rings. The van der Waals surface area contributed by atoms with Crippen molar-refractivity contribution in [2.24, 2.45) is 0 Å². The first-order valence-corrected chi connectivity index (χ1v) is 10.1. The zero-order chi connectivity index (χ0) is 22.2. The van der Waals surface area contributed by atoms with Crippen molar-refractivity contribution in [2.75, 3.05) is 19.8 Å². The minimum Gasteiger partial charge on any atom is -0.492 e. The maximum absolute atomic E-state index is 12.5.